The van der Waals surface area contributed by atoms with Gasteiger partial charge in [0, 0.05) is 13.1 Å². The molecule has 0 heterocycles. The molecule has 0 fully saturated rings. The minimum atomic E-state index is 0. The molecule has 0 aliphatic heterocycles. The van der Waals surface area contributed by atoms with E-state index >= 15 is 0 Å². The molecule has 0 saturated carbocycles. The van der Waals surface area contributed by atoms with Gasteiger partial charge >= 0.3 is 0 Å². The number of guanidine groups is 1. The average molecular weight is 478 g/mol. The lowest BCUT2D eigenvalue weighted by Gasteiger charge is -2.19. The first kappa shape index (κ1) is 24.8. The Hall–Kier alpha value is -1.22. The highest BCUT2D eigenvalue weighted by atomic mass is 127. The van der Waals surface area contributed by atoms with Gasteiger partial charge in [-0.3, -0.25) is 0 Å². The van der Waals surface area contributed by atoms with Crippen molar-refractivity contribution < 1.29 is 9.47 Å². The molecule has 0 aliphatic carbocycles. The van der Waals surface area contributed by atoms with Crippen LogP contribution < -0.4 is 20.5 Å². The van der Waals surface area contributed by atoms with Crippen LogP contribution in [0.1, 0.15) is 33.3 Å². The molecule has 150 valence electrons. The lowest BCUT2D eigenvalue weighted by Crippen LogP contribution is -2.34. The standard InChI is InChI=1S/C19H34N4O2.HI/c1-6-23(7-2)10-11-25-17-9-8-16(12-18(17)24-5)14-22-19(20)21-13-15(3)4;/h8-9,12,15H,6-7,10-11,13-14H2,1-5H3,(H3,20,21,22);1H. The minimum Gasteiger partial charge on any atom is -0.493 e. The van der Waals surface area contributed by atoms with Crippen LogP contribution in [-0.4, -0.2) is 50.8 Å². The van der Waals surface area contributed by atoms with Crippen molar-refractivity contribution in [1.82, 2.24) is 10.2 Å². The highest BCUT2D eigenvalue weighted by Crippen LogP contribution is 2.28. The van der Waals surface area contributed by atoms with Crippen LogP contribution in [0.15, 0.2) is 23.2 Å². The van der Waals surface area contributed by atoms with Crippen LogP contribution in [0.25, 0.3) is 0 Å². The summed E-state index contributed by atoms with van der Waals surface area (Å²) in [4.78, 5) is 6.68. The van der Waals surface area contributed by atoms with Gasteiger partial charge in [0.15, 0.2) is 17.5 Å². The van der Waals surface area contributed by atoms with Crippen molar-refractivity contribution in [3.63, 3.8) is 0 Å². The molecule has 0 aromatic heterocycles. The Morgan fingerprint density at radius 3 is 2.50 bits per heavy atom. The van der Waals surface area contributed by atoms with Crippen LogP contribution in [0.4, 0.5) is 0 Å². The fraction of sp³-hybridized carbons (Fsp3) is 0.632. The van der Waals surface area contributed by atoms with Crippen LogP contribution in [0.3, 0.4) is 0 Å². The molecular weight excluding hydrogens is 443 g/mol. The van der Waals surface area contributed by atoms with Gasteiger partial charge in [0.25, 0.3) is 0 Å². The van der Waals surface area contributed by atoms with Crippen molar-refractivity contribution in [3.8, 4) is 11.5 Å². The molecule has 0 unspecified atom stereocenters. The lowest BCUT2D eigenvalue weighted by molar-refractivity contribution is 0.217. The van der Waals surface area contributed by atoms with Crippen molar-refractivity contribution in [3.05, 3.63) is 23.8 Å². The number of hydrogen-bond acceptors (Lipinski definition) is 4. The van der Waals surface area contributed by atoms with E-state index in [9.17, 15) is 0 Å². The Labute approximate surface area is 175 Å². The Morgan fingerprint density at radius 2 is 1.92 bits per heavy atom. The van der Waals surface area contributed by atoms with Gasteiger partial charge in [-0.15, -0.1) is 24.0 Å². The van der Waals surface area contributed by atoms with Gasteiger partial charge in [0.1, 0.15) is 6.61 Å². The first-order valence-corrected chi connectivity index (χ1v) is 9.05. The maximum absolute atomic E-state index is 5.87. The summed E-state index contributed by atoms with van der Waals surface area (Å²) in [5.74, 6) is 2.48. The summed E-state index contributed by atoms with van der Waals surface area (Å²) in [5, 5.41) is 3.11. The van der Waals surface area contributed by atoms with Gasteiger partial charge < -0.3 is 25.4 Å². The number of benzene rings is 1. The third-order valence-corrected chi connectivity index (χ3v) is 3.91. The first-order valence-electron chi connectivity index (χ1n) is 9.05. The van der Waals surface area contributed by atoms with E-state index in [1.165, 1.54) is 0 Å². The van der Waals surface area contributed by atoms with E-state index in [2.05, 4.69) is 42.9 Å². The zero-order chi connectivity index (χ0) is 18.7. The second kappa shape index (κ2) is 13.9. The van der Waals surface area contributed by atoms with E-state index < -0.39 is 0 Å². The maximum atomic E-state index is 5.87. The molecule has 0 radical (unpaired) electrons. The summed E-state index contributed by atoms with van der Waals surface area (Å²) < 4.78 is 11.3. The number of rotatable bonds is 11. The van der Waals surface area contributed by atoms with Crippen LogP contribution >= 0.6 is 24.0 Å². The quantitative estimate of drug-likeness (QED) is 0.291. The second-order valence-corrected chi connectivity index (χ2v) is 6.34. The van der Waals surface area contributed by atoms with Crippen LogP contribution in [0, 0.1) is 5.92 Å². The number of ether oxygens (including phenoxy) is 2. The van der Waals surface area contributed by atoms with Crippen molar-refractivity contribution in [2.24, 2.45) is 16.6 Å². The molecule has 3 N–H and O–H groups in total. The molecule has 26 heavy (non-hydrogen) atoms. The number of methoxy groups -OCH3 is 1. The van der Waals surface area contributed by atoms with Gasteiger partial charge in [-0.25, -0.2) is 4.99 Å². The highest BCUT2D eigenvalue weighted by molar-refractivity contribution is 14.0. The highest BCUT2D eigenvalue weighted by Gasteiger charge is 2.07. The predicted octanol–water partition coefficient (Wildman–Crippen LogP) is 3.09. The maximum Gasteiger partial charge on any atom is 0.188 e. The molecule has 0 bridgehead atoms. The van der Waals surface area contributed by atoms with Crippen LogP contribution in [-0.2, 0) is 6.54 Å². The summed E-state index contributed by atoms with van der Waals surface area (Å²) in [6.07, 6.45) is 0. The van der Waals surface area contributed by atoms with Crippen molar-refractivity contribution >= 4 is 29.9 Å². The number of aliphatic imine (C=N–C) groups is 1. The summed E-state index contributed by atoms with van der Waals surface area (Å²) in [6.45, 7) is 13.5. The summed E-state index contributed by atoms with van der Waals surface area (Å²) in [7, 11) is 1.65. The van der Waals surface area contributed by atoms with Crippen molar-refractivity contribution in [2.75, 3.05) is 39.9 Å². The predicted molar refractivity (Wildman–Crippen MR) is 120 cm³/mol. The molecule has 0 atom stereocenters. The summed E-state index contributed by atoms with van der Waals surface area (Å²) in [5.41, 5.74) is 6.90. The molecular formula is C19H35IN4O2. The number of nitrogens with zero attached hydrogens (tertiary/aromatic N) is 2. The second-order valence-electron chi connectivity index (χ2n) is 6.34. The fourth-order valence-electron chi connectivity index (χ4n) is 2.30. The Bertz CT molecular complexity index is 534. The van der Waals surface area contributed by atoms with Gasteiger partial charge in [-0.05, 0) is 36.7 Å². The number of halogens is 1. The van der Waals surface area contributed by atoms with Gasteiger partial charge in [0.2, 0.25) is 0 Å². The van der Waals surface area contributed by atoms with Crippen molar-refractivity contribution in [1.29, 1.82) is 0 Å². The summed E-state index contributed by atoms with van der Waals surface area (Å²) in [6, 6.07) is 5.88. The summed E-state index contributed by atoms with van der Waals surface area (Å²) >= 11 is 0. The average Bonchev–Trinajstić information content (AvgIpc) is 2.62. The molecule has 0 aliphatic rings. The molecule has 1 aromatic carbocycles. The largest absolute Gasteiger partial charge is 0.493 e. The van der Waals surface area contributed by atoms with Crippen molar-refractivity contribution in [2.45, 2.75) is 34.2 Å². The number of nitrogens with one attached hydrogen (secondary N) is 1. The Kier molecular flexibility index (Phi) is 13.3. The van der Waals surface area contributed by atoms with Gasteiger partial charge in [0.05, 0.1) is 13.7 Å². The van der Waals surface area contributed by atoms with Gasteiger partial charge in [-0.1, -0.05) is 33.8 Å². The molecule has 6 nitrogen and oxygen atoms in total. The molecule has 7 heteroatoms. The zero-order valence-corrected chi connectivity index (χ0v) is 19.1. The zero-order valence-electron chi connectivity index (χ0n) is 16.7. The number of nitrogens with two attached hydrogens (primary N) is 1. The third-order valence-electron chi connectivity index (χ3n) is 3.91. The SMILES string of the molecule is CCN(CC)CCOc1ccc(CN=C(N)NCC(C)C)cc1OC.I. The van der Waals surface area contributed by atoms with Crippen LogP contribution in [0.2, 0.25) is 0 Å². The van der Waals surface area contributed by atoms with E-state index in [-0.39, 0.29) is 24.0 Å². The van der Waals surface area contributed by atoms with E-state index in [0.717, 1.165) is 43.2 Å². The van der Waals surface area contributed by atoms with Crippen LogP contribution in [0.5, 0.6) is 11.5 Å². The molecule has 0 amide bonds. The third kappa shape index (κ3) is 9.47. The molecule has 1 rings (SSSR count). The number of hydrogen-bond donors (Lipinski definition) is 2. The normalized spacial score (nSPS) is 11.4. The fourth-order valence-corrected chi connectivity index (χ4v) is 2.30. The first-order chi connectivity index (χ1) is 12.0. The van der Waals surface area contributed by atoms with E-state index in [1.807, 2.05) is 18.2 Å². The van der Waals surface area contributed by atoms with E-state index in [0.29, 0.717) is 25.0 Å². The lowest BCUT2D eigenvalue weighted by atomic mass is 10.2. The Balaban J connectivity index is 0.00000625. The topological polar surface area (TPSA) is 72.1 Å². The molecule has 0 spiro atoms. The number of likely N-dealkylation sites (N-methyl/N-ethyl adjacent to an activating group) is 1. The minimum absolute atomic E-state index is 0. The monoisotopic (exact) mass is 478 g/mol. The van der Waals surface area contributed by atoms with E-state index in [1.54, 1.807) is 7.11 Å². The van der Waals surface area contributed by atoms with E-state index in [4.69, 9.17) is 15.2 Å². The van der Waals surface area contributed by atoms with Gasteiger partial charge in [-0.2, -0.15) is 0 Å². The molecule has 1 aromatic rings. The smallest absolute Gasteiger partial charge is 0.188 e. The molecule has 0 saturated heterocycles. The Morgan fingerprint density at radius 1 is 1.23 bits per heavy atom.